The fourth-order valence-electron chi connectivity index (χ4n) is 1.23. The Kier molecular flexibility index (Phi) is 7.38. The minimum atomic E-state index is -0.603. The monoisotopic (exact) mass is 323 g/mol. The Morgan fingerprint density at radius 3 is 2.84 bits per heavy atom. The van der Waals surface area contributed by atoms with Gasteiger partial charge in [-0.15, -0.1) is 0 Å². The van der Waals surface area contributed by atoms with Crippen LogP contribution in [0.15, 0.2) is 18.2 Å². The second kappa shape index (κ2) is 8.53. The van der Waals surface area contributed by atoms with E-state index < -0.39 is 12.0 Å². The molecule has 1 atom stereocenters. The smallest absolute Gasteiger partial charge is 0.323 e. The number of thioether (sulfide) groups is 1. The van der Waals surface area contributed by atoms with Gasteiger partial charge in [0.1, 0.15) is 11.8 Å². The molecule has 4 nitrogen and oxygen atoms in total. The second-order valence-electron chi connectivity index (χ2n) is 3.63. The lowest BCUT2D eigenvalue weighted by molar-refractivity contribution is -0.141. The summed E-state index contributed by atoms with van der Waals surface area (Å²) in [7, 11) is 1.32. The molecule has 1 aromatic carbocycles. The van der Waals surface area contributed by atoms with Gasteiger partial charge in [0.25, 0.3) is 0 Å². The normalized spacial score (nSPS) is 12.0. The summed E-state index contributed by atoms with van der Waals surface area (Å²) in [5.74, 6) is 1.37. The molecule has 19 heavy (non-hydrogen) atoms. The highest BCUT2D eigenvalue weighted by Gasteiger charge is 2.12. The van der Waals surface area contributed by atoms with Crippen molar-refractivity contribution in [1.29, 1.82) is 0 Å². The lowest BCUT2D eigenvalue weighted by Crippen LogP contribution is -2.34. The Balaban J connectivity index is 2.22. The first-order valence-electron chi connectivity index (χ1n) is 5.53. The van der Waals surface area contributed by atoms with E-state index in [2.05, 4.69) is 4.74 Å². The zero-order valence-electron chi connectivity index (χ0n) is 10.4. The van der Waals surface area contributed by atoms with E-state index in [0.29, 0.717) is 33.9 Å². The maximum absolute atomic E-state index is 11.1. The molecule has 0 aliphatic rings. The molecule has 0 fully saturated rings. The Labute approximate surface area is 126 Å². The Morgan fingerprint density at radius 1 is 1.47 bits per heavy atom. The summed E-state index contributed by atoms with van der Waals surface area (Å²) in [5.41, 5.74) is 5.59. The molecule has 0 radical (unpaired) electrons. The van der Waals surface area contributed by atoms with Crippen LogP contribution in [0.5, 0.6) is 5.75 Å². The van der Waals surface area contributed by atoms with Gasteiger partial charge in [-0.05, 0) is 18.2 Å². The van der Waals surface area contributed by atoms with E-state index in [1.165, 1.54) is 18.9 Å². The van der Waals surface area contributed by atoms with Gasteiger partial charge in [0.15, 0.2) is 0 Å². The summed E-state index contributed by atoms with van der Waals surface area (Å²) in [6.07, 6.45) is 0. The second-order valence-corrected chi connectivity index (χ2v) is 5.62. The van der Waals surface area contributed by atoms with Crippen molar-refractivity contribution >= 4 is 40.9 Å². The molecule has 0 aliphatic heterocycles. The highest BCUT2D eigenvalue weighted by Crippen LogP contribution is 2.27. The summed E-state index contributed by atoms with van der Waals surface area (Å²) >= 11 is 13.2. The topological polar surface area (TPSA) is 61.5 Å². The fraction of sp³-hybridized carbons (Fsp3) is 0.417. The maximum Gasteiger partial charge on any atom is 0.323 e. The van der Waals surface area contributed by atoms with Crippen LogP contribution in [0.4, 0.5) is 0 Å². The quantitative estimate of drug-likeness (QED) is 0.617. The van der Waals surface area contributed by atoms with Gasteiger partial charge in [-0.25, -0.2) is 0 Å². The van der Waals surface area contributed by atoms with Crippen LogP contribution >= 0.6 is 35.0 Å². The van der Waals surface area contributed by atoms with Crippen molar-refractivity contribution in [2.24, 2.45) is 5.73 Å². The number of nitrogens with two attached hydrogens (primary N) is 1. The molecule has 0 amide bonds. The highest BCUT2D eigenvalue weighted by atomic mass is 35.5. The first kappa shape index (κ1) is 16.4. The minimum Gasteiger partial charge on any atom is -0.491 e. The molecule has 1 rings (SSSR count). The fourth-order valence-corrected chi connectivity index (χ4v) is 2.45. The van der Waals surface area contributed by atoms with Crippen LogP contribution in [0.2, 0.25) is 10.0 Å². The lowest BCUT2D eigenvalue weighted by Gasteiger charge is -2.10. The molecule has 0 bridgehead atoms. The number of hydrogen-bond acceptors (Lipinski definition) is 5. The largest absolute Gasteiger partial charge is 0.491 e. The number of halogens is 2. The zero-order valence-corrected chi connectivity index (χ0v) is 12.7. The van der Waals surface area contributed by atoms with Gasteiger partial charge in [0, 0.05) is 16.5 Å². The third-order valence-electron chi connectivity index (χ3n) is 2.18. The van der Waals surface area contributed by atoms with Gasteiger partial charge in [-0.1, -0.05) is 23.2 Å². The number of hydrogen-bond donors (Lipinski definition) is 1. The van der Waals surface area contributed by atoms with Crippen LogP contribution in [-0.2, 0) is 9.53 Å². The number of esters is 1. The summed E-state index contributed by atoms with van der Waals surface area (Å²) in [5, 5.41) is 1.04. The third-order valence-corrected chi connectivity index (χ3v) is 3.76. The number of ether oxygens (including phenoxy) is 2. The molecule has 0 spiro atoms. The van der Waals surface area contributed by atoms with Gasteiger partial charge in [0.2, 0.25) is 0 Å². The van der Waals surface area contributed by atoms with Crippen LogP contribution in [0.1, 0.15) is 0 Å². The first-order valence-corrected chi connectivity index (χ1v) is 7.44. The van der Waals surface area contributed by atoms with Crippen molar-refractivity contribution in [3.8, 4) is 5.75 Å². The van der Waals surface area contributed by atoms with Crippen molar-refractivity contribution in [2.75, 3.05) is 25.2 Å². The molecule has 1 aromatic rings. The standard InChI is InChI=1S/C12H15Cl2NO3S/c1-17-12(16)10(15)7-19-5-4-18-11-3-2-8(13)6-9(11)14/h2-3,6,10H,4-5,7,15H2,1H3. The molecule has 0 aliphatic carbocycles. The molecule has 2 N–H and O–H groups in total. The minimum absolute atomic E-state index is 0.408. The van der Waals surface area contributed by atoms with E-state index in [1.54, 1.807) is 18.2 Å². The van der Waals surface area contributed by atoms with Crippen LogP contribution < -0.4 is 10.5 Å². The predicted molar refractivity (Wildman–Crippen MR) is 79.3 cm³/mol. The van der Waals surface area contributed by atoms with Gasteiger partial charge in [-0.2, -0.15) is 11.8 Å². The van der Waals surface area contributed by atoms with E-state index in [-0.39, 0.29) is 0 Å². The Bertz CT molecular complexity index is 431. The molecule has 1 unspecified atom stereocenters. The zero-order chi connectivity index (χ0) is 14.3. The number of carbonyl (C=O) groups is 1. The van der Waals surface area contributed by atoms with Crippen molar-refractivity contribution in [3.05, 3.63) is 28.2 Å². The van der Waals surface area contributed by atoms with Crippen molar-refractivity contribution in [1.82, 2.24) is 0 Å². The van der Waals surface area contributed by atoms with E-state index in [4.69, 9.17) is 33.7 Å². The van der Waals surface area contributed by atoms with Crippen molar-refractivity contribution in [3.63, 3.8) is 0 Å². The number of benzene rings is 1. The van der Waals surface area contributed by atoms with E-state index in [0.717, 1.165) is 0 Å². The molecule has 0 saturated heterocycles. The predicted octanol–water partition coefficient (Wildman–Crippen LogP) is 2.61. The molecule has 0 saturated carbocycles. The Morgan fingerprint density at radius 2 is 2.21 bits per heavy atom. The number of methoxy groups -OCH3 is 1. The number of rotatable bonds is 7. The van der Waals surface area contributed by atoms with E-state index >= 15 is 0 Å². The van der Waals surface area contributed by atoms with Crippen molar-refractivity contribution in [2.45, 2.75) is 6.04 Å². The molecule has 7 heteroatoms. The van der Waals surface area contributed by atoms with E-state index in [9.17, 15) is 4.79 Å². The Hall–Kier alpha value is -0.620. The SMILES string of the molecule is COC(=O)C(N)CSCCOc1ccc(Cl)cc1Cl. The van der Waals surface area contributed by atoms with Gasteiger partial charge >= 0.3 is 5.97 Å². The molecule has 0 heterocycles. The first-order chi connectivity index (χ1) is 9.04. The van der Waals surface area contributed by atoms with Gasteiger partial charge < -0.3 is 15.2 Å². The van der Waals surface area contributed by atoms with Gasteiger partial charge in [-0.3, -0.25) is 4.79 Å². The van der Waals surface area contributed by atoms with Crippen LogP contribution in [-0.4, -0.2) is 37.2 Å². The summed E-state index contributed by atoms with van der Waals surface area (Å²) < 4.78 is 10.0. The van der Waals surface area contributed by atoms with E-state index in [1.807, 2.05) is 0 Å². The highest BCUT2D eigenvalue weighted by molar-refractivity contribution is 7.99. The third kappa shape index (κ3) is 5.91. The average molecular weight is 324 g/mol. The lowest BCUT2D eigenvalue weighted by atomic mass is 10.3. The summed E-state index contributed by atoms with van der Waals surface area (Å²) in [6.45, 7) is 0.472. The van der Waals surface area contributed by atoms with Gasteiger partial charge in [0.05, 0.1) is 18.7 Å². The van der Waals surface area contributed by atoms with Crippen LogP contribution in [0.3, 0.4) is 0 Å². The number of carbonyl (C=O) groups excluding carboxylic acids is 1. The summed E-state index contributed by atoms with van der Waals surface area (Å²) in [6, 6.07) is 4.45. The van der Waals surface area contributed by atoms with Crippen LogP contribution in [0, 0.1) is 0 Å². The van der Waals surface area contributed by atoms with Crippen molar-refractivity contribution < 1.29 is 14.3 Å². The maximum atomic E-state index is 11.1. The molecule has 0 aromatic heterocycles. The van der Waals surface area contributed by atoms with Crippen LogP contribution in [0.25, 0.3) is 0 Å². The molecule has 106 valence electrons. The summed E-state index contributed by atoms with van der Waals surface area (Å²) in [4.78, 5) is 11.1. The molecular formula is C12H15Cl2NO3S. The molecular weight excluding hydrogens is 309 g/mol. The average Bonchev–Trinajstić information content (AvgIpc) is 2.39.